The SMILES string of the molecule is C/C(Cl)=C\C=C(/N)CCl. The molecule has 0 aliphatic heterocycles. The van der Waals surface area contributed by atoms with Crippen molar-refractivity contribution in [1.29, 1.82) is 0 Å². The van der Waals surface area contributed by atoms with Crippen LogP contribution >= 0.6 is 23.2 Å². The first-order chi connectivity index (χ1) is 4.16. The summed E-state index contributed by atoms with van der Waals surface area (Å²) in [6, 6.07) is 0. The quantitative estimate of drug-likeness (QED) is 0.493. The van der Waals surface area contributed by atoms with Gasteiger partial charge in [0, 0.05) is 10.7 Å². The van der Waals surface area contributed by atoms with Gasteiger partial charge in [-0.2, -0.15) is 0 Å². The maximum absolute atomic E-state index is 5.50. The highest BCUT2D eigenvalue weighted by Crippen LogP contribution is 1.99. The van der Waals surface area contributed by atoms with Crippen LogP contribution in [-0.4, -0.2) is 5.88 Å². The van der Waals surface area contributed by atoms with E-state index in [0.29, 0.717) is 16.6 Å². The summed E-state index contributed by atoms with van der Waals surface area (Å²) in [5.74, 6) is 0.348. The minimum Gasteiger partial charge on any atom is -0.401 e. The molecule has 0 aliphatic rings. The van der Waals surface area contributed by atoms with Gasteiger partial charge < -0.3 is 5.73 Å². The molecule has 3 heteroatoms. The van der Waals surface area contributed by atoms with Gasteiger partial charge in [-0.25, -0.2) is 0 Å². The largest absolute Gasteiger partial charge is 0.401 e. The van der Waals surface area contributed by atoms with Crippen molar-refractivity contribution in [2.75, 3.05) is 5.88 Å². The molecule has 0 aromatic heterocycles. The van der Waals surface area contributed by atoms with Crippen molar-refractivity contribution in [2.45, 2.75) is 6.92 Å². The van der Waals surface area contributed by atoms with Gasteiger partial charge in [-0.1, -0.05) is 11.6 Å². The van der Waals surface area contributed by atoms with Gasteiger partial charge in [-0.05, 0) is 19.1 Å². The summed E-state index contributed by atoms with van der Waals surface area (Å²) in [5.41, 5.74) is 5.97. The van der Waals surface area contributed by atoms with Gasteiger partial charge in [0.1, 0.15) is 0 Å². The van der Waals surface area contributed by atoms with Crippen molar-refractivity contribution in [1.82, 2.24) is 0 Å². The summed E-state index contributed by atoms with van der Waals surface area (Å²) in [6.45, 7) is 1.78. The number of alkyl halides is 1. The zero-order valence-corrected chi connectivity index (χ0v) is 6.71. The molecule has 0 unspecified atom stereocenters. The maximum atomic E-state index is 5.50. The van der Waals surface area contributed by atoms with E-state index in [1.165, 1.54) is 0 Å². The van der Waals surface area contributed by atoms with Crippen LogP contribution in [0.2, 0.25) is 0 Å². The molecule has 1 nitrogen and oxygen atoms in total. The van der Waals surface area contributed by atoms with Crippen LogP contribution in [0.25, 0.3) is 0 Å². The fraction of sp³-hybridized carbons (Fsp3) is 0.333. The summed E-state index contributed by atoms with van der Waals surface area (Å²) < 4.78 is 0. The number of hydrogen-bond acceptors (Lipinski definition) is 1. The molecule has 0 saturated carbocycles. The highest BCUT2D eigenvalue weighted by molar-refractivity contribution is 6.29. The van der Waals surface area contributed by atoms with Crippen molar-refractivity contribution in [3.05, 3.63) is 22.9 Å². The lowest BCUT2D eigenvalue weighted by Crippen LogP contribution is -1.96. The van der Waals surface area contributed by atoms with Crippen molar-refractivity contribution < 1.29 is 0 Å². The van der Waals surface area contributed by atoms with Crippen molar-refractivity contribution in [2.24, 2.45) is 5.73 Å². The molecule has 0 spiro atoms. The first-order valence-corrected chi connectivity index (χ1v) is 3.42. The third kappa shape index (κ3) is 5.74. The Balaban J connectivity index is 3.83. The molecule has 0 fully saturated rings. The lowest BCUT2D eigenvalue weighted by atomic mass is 10.4. The molecule has 52 valence electrons. The highest BCUT2D eigenvalue weighted by atomic mass is 35.5. The van der Waals surface area contributed by atoms with E-state index >= 15 is 0 Å². The number of hydrogen-bond donors (Lipinski definition) is 1. The number of halogens is 2. The molecule has 0 saturated heterocycles. The van der Waals surface area contributed by atoms with Crippen LogP contribution in [0.1, 0.15) is 6.92 Å². The van der Waals surface area contributed by atoms with Crippen LogP contribution in [0.4, 0.5) is 0 Å². The molecule has 0 rings (SSSR count). The molecule has 0 radical (unpaired) electrons. The molecular weight excluding hydrogens is 157 g/mol. The van der Waals surface area contributed by atoms with Gasteiger partial charge in [0.2, 0.25) is 0 Å². The second-order valence-corrected chi connectivity index (χ2v) is 2.49. The van der Waals surface area contributed by atoms with Gasteiger partial charge in [0.15, 0.2) is 0 Å². The Morgan fingerprint density at radius 2 is 2.11 bits per heavy atom. The standard InChI is InChI=1S/C6H9Cl2N/c1-5(8)2-3-6(9)4-7/h2-3H,4,9H2,1H3/b5-2+,6-3-. The Morgan fingerprint density at radius 1 is 1.56 bits per heavy atom. The molecule has 0 aromatic rings. The van der Waals surface area contributed by atoms with E-state index in [9.17, 15) is 0 Å². The van der Waals surface area contributed by atoms with E-state index in [2.05, 4.69) is 0 Å². The summed E-state index contributed by atoms with van der Waals surface area (Å²) >= 11 is 10.9. The van der Waals surface area contributed by atoms with E-state index < -0.39 is 0 Å². The Bertz CT molecular complexity index is 134. The Labute approximate surface area is 65.1 Å². The van der Waals surface area contributed by atoms with Crippen molar-refractivity contribution >= 4 is 23.2 Å². The summed E-state index contributed by atoms with van der Waals surface area (Å²) in [6.07, 6.45) is 3.40. The molecule has 0 amide bonds. The van der Waals surface area contributed by atoms with Crippen LogP contribution in [0, 0.1) is 0 Å². The van der Waals surface area contributed by atoms with Gasteiger partial charge in [-0.15, -0.1) is 11.6 Å². The molecule has 2 N–H and O–H groups in total. The molecule has 0 heterocycles. The maximum Gasteiger partial charge on any atom is 0.0619 e. The first-order valence-electron chi connectivity index (χ1n) is 2.51. The third-order valence-electron chi connectivity index (χ3n) is 0.681. The first kappa shape index (κ1) is 8.86. The van der Waals surface area contributed by atoms with Crippen molar-refractivity contribution in [3.63, 3.8) is 0 Å². The van der Waals surface area contributed by atoms with E-state index in [0.717, 1.165) is 0 Å². The highest BCUT2D eigenvalue weighted by Gasteiger charge is 1.81. The molecule has 0 bridgehead atoms. The smallest absolute Gasteiger partial charge is 0.0619 e. The van der Waals surface area contributed by atoms with E-state index in [4.69, 9.17) is 28.9 Å². The Kier molecular flexibility index (Phi) is 4.64. The molecule has 9 heavy (non-hydrogen) atoms. The van der Waals surface area contributed by atoms with Crippen LogP contribution in [0.3, 0.4) is 0 Å². The van der Waals surface area contributed by atoms with Gasteiger partial charge in [0.05, 0.1) is 5.88 Å². The topological polar surface area (TPSA) is 26.0 Å². The monoisotopic (exact) mass is 165 g/mol. The predicted molar refractivity (Wildman–Crippen MR) is 42.6 cm³/mol. The average molecular weight is 166 g/mol. The number of rotatable bonds is 2. The average Bonchev–Trinajstić information content (AvgIpc) is 1.83. The van der Waals surface area contributed by atoms with Crippen LogP contribution in [0.15, 0.2) is 22.9 Å². The summed E-state index contributed by atoms with van der Waals surface area (Å²) in [4.78, 5) is 0. The minimum absolute atomic E-state index is 0.348. The molecule has 0 atom stereocenters. The number of allylic oxidation sites excluding steroid dienone is 4. The van der Waals surface area contributed by atoms with Gasteiger partial charge in [-0.3, -0.25) is 0 Å². The van der Waals surface area contributed by atoms with Crippen molar-refractivity contribution in [3.8, 4) is 0 Å². The molecular formula is C6H9Cl2N. The van der Waals surface area contributed by atoms with Crippen LogP contribution in [0.5, 0.6) is 0 Å². The third-order valence-corrected chi connectivity index (χ3v) is 1.12. The lowest BCUT2D eigenvalue weighted by Gasteiger charge is -1.88. The fourth-order valence-electron chi connectivity index (χ4n) is 0.266. The summed E-state index contributed by atoms with van der Waals surface area (Å²) in [5, 5.41) is 0.697. The van der Waals surface area contributed by atoms with Gasteiger partial charge in [0.25, 0.3) is 0 Å². The van der Waals surface area contributed by atoms with Gasteiger partial charge >= 0.3 is 0 Å². The second kappa shape index (κ2) is 4.71. The summed E-state index contributed by atoms with van der Waals surface area (Å²) in [7, 11) is 0. The fourth-order valence-corrected chi connectivity index (χ4v) is 0.418. The normalized spacial score (nSPS) is 14.1. The zero-order chi connectivity index (χ0) is 7.28. The minimum atomic E-state index is 0.348. The zero-order valence-electron chi connectivity index (χ0n) is 5.20. The van der Waals surface area contributed by atoms with Crippen LogP contribution in [-0.2, 0) is 0 Å². The van der Waals surface area contributed by atoms with E-state index in [1.54, 1.807) is 19.1 Å². The molecule has 0 aromatic carbocycles. The second-order valence-electron chi connectivity index (χ2n) is 1.63. The molecule has 0 aliphatic carbocycles. The van der Waals surface area contributed by atoms with Crippen LogP contribution < -0.4 is 5.73 Å². The number of nitrogens with two attached hydrogens (primary N) is 1. The van der Waals surface area contributed by atoms with E-state index in [-0.39, 0.29) is 0 Å². The Morgan fingerprint density at radius 3 is 2.44 bits per heavy atom. The van der Waals surface area contributed by atoms with E-state index in [1.807, 2.05) is 0 Å². The lowest BCUT2D eigenvalue weighted by molar-refractivity contribution is 1.32. The predicted octanol–water partition coefficient (Wildman–Crippen LogP) is 2.21. The Hall–Kier alpha value is -0.140.